The van der Waals surface area contributed by atoms with E-state index in [9.17, 15) is 24.5 Å². The van der Waals surface area contributed by atoms with Gasteiger partial charge < -0.3 is 15.3 Å². The molecule has 1 aromatic carbocycles. The Hall–Kier alpha value is -2.68. The van der Waals surface area contributed by atoms with E-state index in [4.69, 9.17) is 16.7 Å². The third-order valence-corrected chi connectivity index (χ3v) is 4.20. The summed E-state index contributed by atoms with van der Waals surface area (Å²) in [5.41, 5.74) is -0.222. The summed E-state index contributed by atoms with van der Waals surface area (Å²) < 4.78 is 0. The average Bonchev–Trinajstić information content (AvgIpc) is 2.57. The highest BCUT2D eigenvalue weighted by atomic mass is 35.5. The van der Waals surface area contributed by atoms with Gasteiger partial charge in [-0.1, -0.05) is 25.4 Å². The van der Waals surface area contributed by atoms with Crippen molar-refractivity contribution in [3.05, 3.63) is 38.9 Å². The maximum Gasteiger partial charge on any atom is 0.303 e. The molecule has 0 heterocycles. The first kappa shape index (κ1) is 22.4. The van der Waals surface area contributed by atoms with Crippen LogP contribution in [0.5, 0.6) is 0 Å². The van der Waals surface area contributed by atoms with Crippen LogP contribution in [-0.4, -0.2) is 52.3 Å². The van der Waals surface area contributed by atoms with Crippen molar-refractivity contribution in [3.8, 4) is 0 Å². The van der Waals surface area contributed by atoms with Crippen LogP contribution in [0.25, 0.3) is 0 Å². The van der Waals surface area contributed by atoms with Gasteiger partial charge in [0, 0.05) is 32.1 Å². The predicted octanol–water partition coefficient (Wildman–Crippen LogP) is 2.33. The number of non-ortho nitro benzene ring substituents is 1. The van der Waals surface area contributed by atoms with E-state index in [1.54, 1.807) is 13.8 Å². The second kappa shape index (κ2) is 9.86. The molecule has 0 fully saturated rings. The topological polar surface area (TPSA) is 130 Å². The number of aliphatic carboxylic acids is 1. The van der Waals surface area contributed by atoms with Gasteiger partial charge in [-0.15, -0.1) is 0 Å². The first-order chi connectivity index (χ1) is 12.5. The molecule has 0 aliphatic heterocycles. The number of halogens is 1. The summed E-state index contributed by atoms with van der Waals surface area (Å²) in [6.45, 7) is 3.75. The number of carbonyl (C=O) groups is 3. The SMILES string of the molecule is CC(C)C(NC(=O)c1ccc([N+](=O)[O-])cc1Cl)C(=O)N(C)CCCC(=O)O. The summed E-state index contributed by atoms with van der Waals surface area (Å²) >= 11 is 5.96. The Morgan fingerprint density at radius 3 is 2.44 bits per heavy atom. The zero-order valence-corrected chi connectivity index (χ0v) is 16.0. The van der Waals surface area contributed by atoms with Crippen molar-refractivity contribution in [2.75, 3.05) is 13.6 Å². The maximum atomic E-state index is 12.6. The van der Waals surface area contributed by atoms with Crippen LogP contribution in [0.2, 0.25) is 5.02 Å². The van der Waals surface area contributed by atoms with E-state index in [0.717, 1.165) is 12.1 Å². The average molecular weight is 400 g/mol. The van der Waals surface area contributed by atoms with E-state index in [1.807, 2.05) is 0 Å². The fourth-order valence-electron chi connectivity index (χ4n) is 2.35. The molecule has 10 heteroatoms. The molecule has 27 heavy (non-hydrogen) atoms. The summed E-state index contributed by atoms with van der Waals surface area (Å²) in [4.78, 5) is 47.1. The molecular weight excluding hydrogens is 378 g/mol. The van der Waals surface area contributed by atoms with Crippen LogP contribution in [0.1, 0.15) is 37.0 Å². The Morgan fingerprint density at radius 2 is 1.96 bits per heavy atom. The summed E-state index contributed by atoms with van der Waals surface area (Å²) in [6, 6.07) is 2.61. The summed E-state index contributed by atoms with van der Waals surface area (Å²) in [7, 11) is 1.53. The lowest BCUT2D eigenvalue weighted by atomic mass is 10.0. The number of carboxylic acid groups (broad SMARTS) is 1. The number of nitro groups is 1. The van der Waals surface area contributed by atoms with Crippen molar-refractivity contribution >= 4 is 35.1 Å². The molecule has 0 aliphatic rings. The summed E-state index contributed by atoms with van der Waals surface area (Å²) in [6.07, 6.45) is 0.235. The van der Waals surface area contributed by atoms with Crippen molar-refractivity contribution in [2.45, 2.75) is 32.7 Å². The molecule has 2 N–H and O–H groups in total. The lowest BCUT2D eigenvalue weighted by Crippen LogP contribution is -2.50. The second-order valence-electron chi connectivity index (χ2n) is 6.37. The molecule has 2 amide bonds. The Bertz CT molecular complexity index is 737. The zero-order chi connectivity index (χ0) is 20.7. The molecule has 0 saturated carbocycles. The molecular formula is C17H22ClN3O6. The van der Waals surface area contributed by atoms with Gasteiger partial charge in [0.25, 0.3) is 11.6 Å². The van der Waals surface area contributed by atoms with Gasteiger partial charge >= 0.3 is 5.97 Å². The fourth-order valence-corrected chi connectivity index (χ4v) is 2.61. The van der Waals surface area contributed by atoms with Gasteiger partial charge in [-0.05, 0) is 18.4 Å². The van der Waals surface area contributed by atoms with Crippen LogP contribution in [0.3, 0.4) is 0 Å². The second-order valence-corrected chi connectivity index (χ2v) is 6.78. The Morgan fingerprint density at radius 1 is 1.33 bits per heavy atom. The van der Waals surface area contributed by atoms with E-state index in [1.165, 1.54) is 18.0 Å². The third-order valence-electron chi connectivity index (χ3n) is 3.89. The number of amides is 2. The lowest BCUT2D eigenvalue weighted by Gasteiger charge is -2.27. The highest BCUT2D eigenvalue weighted by Gasteiger charge is 2.28. The minimum Gasteiger partial charge on any atom is -0.481 e. The van der Waals surface area contributed by atoms with E-state index in [2.05, 4.69) is 5.32 Å². The van der Waals surface area contributed by atoms with Gasteiger partial charge in [0.2, 0.25) is 5.91 Å². The number of benzene rings is 1. The van der Waals surface area contributed by atoms with Gasteiger partial charge in [-0.3, -0.25) is 24.5 Å². The predicted molar refractivity (Wildman–Crippen MR) is 98.7 cm³/mol. The number of likely N-dealkylation sites (N-methyl/N-ethyl adjacent to an activating group) is 1. The Kier molecular flexibility index (Phi) is 8.17. The van der Waals surface area contributed by atoms with Crippen molar-refractivity contribution < 1.29 is 24.4 Å². The highest BCUT2D eigenvalue weighted by Crippen LogP contribution is 2.22. The molecule has 0 aromatic heterocycles. The largest absolute Gasteiger partial charge is 0.481 e. The van der Waals surface area contributed by atoms with Gasteiger partial charge in [0.05, 0.1) is 15.5 Å². The minimum atomic E-state index is -0.947. The fraction of sp³-hybridized carbons (Fsp3) is 0.471. The molecule has 1 aromatic rings. The molecule has 0 bridgehead atoms. The van der Waals surface area contributed by atoms with Crippen LogP contribution in [-0.2, 0) is 9.59 Å². The number of carboxylic acids is 1. The van der Waals surface area contributed by atoms with Crippen LogP contribution in [0, 0.1) is 16.0 Å². The van der Waals surface area contributed by atoms with E-state index >= 15 is 0 Å². The van der Waals surface area contributed by atoms with E-state index < -0.39 is 22.8 Å². The molecule has 148 valence electrons. The molecule has 0 saturated heterocycles. The van der Waals surface area contributed by atoms with Gasteiger partial charge in [-0.2, -0.15) is 0 Å². The zero-order valence-electron chi connectivity index (χ0n) is 15.3. The molecule has 0 radical (unpaired) electrons. The third kappa shape index (κ3) is 6.52. The first-order valence-corrected chi connectivity index (χ1v) is 8.64. The number of nitrogens with one attached hydrogen (secondary N) is 1. The van der Waals surface area contributed by atoms with Crippen molar-refractivity contribution in [1.82, 2.24) is 10.2 Å². The van der Waals surface area contributed by atoms with Crippen molar-refractivity contribution in [1.29, 1.82) is 0 Å². The van der Waals surface area contributed by atoms with Crippen LogP contribution >= 0.6 is 11.6 Å². The summed E-state index contributed by atoms with van der Waals surface area (Å²) in [5, 5.41) is 21.9. The molecule has 1 rings (SSSR count). The number of nitrogens with zero attached hydrogens (tertiary/aromatic N) is 2. The van der Waals surface area contributed by atoms with Crippen LogP contribution in [0.4, 0.5) is 5.69 Å². The number of nitro benzene ring substituents is 1. The standard InChI is InChI=1S/C17H22ClN3O6/c1-10(2)15(17(25)20(3)8-4-5-14(22)23)19-16(24)12-7-6-11(21(26)27)9-13(12)18/h6-7,9-10,15H,4-5,8H2,1-3H3,(H,19,24)(H,22,23). The molecule has 1 atom stereocenters. The first-order valence-electron chi connectivity index (χ1n) is 8.26. The van der Waals surface area contributed by atoms with E-state index in [0.29, 0.717) is 6.42 Å². The van der Waals surface area contributed by atoms with Gasteiger partial charge in [0.15, 0.2) is 0 Å². The van der Waals surface area contributed by atoms with E-state index in [-0.39, 0.29) is 41.1 Å². The number of rotatable bonds is 9. The monoisotopic (exact) mass is 399 g/mol. The van der Waals surface area contributed by atoms with Crippen molar-refractivity contribution in [3.63, 3.8) is 0 Å². The summed E-state index contributed by atoms with van der Waals surface area (Å²) in [5.74, 6) is -2.17. The van der Waals surface area contributed by atoms with Crippen molar-refractivity contribution in [2.24, 2.45) is 5.92 Å². The quantitative estimate of drug-likeness (QED) is 0.484. The highest BCUT2D eigenvalue weighted by molar-refractivity contribution is 6.34. The molecule has 0 aliphatic carbocycles. The smallest absolute Gasteiger partial charge is 0.303 e. The Balaban J connectivity index is 2.87. The number of carbonyl (C=O) groups excluding carboxylic acids is 2. The Labute approximate surface area is 161 Å². The van der Waals surface area contributed by atoms with Crippen LogP contribution < -0.4 is 5.32 Å². The normalized spacial score (nSPS) is 11.7. The molecule has 9 nitrogen and oxygen atoms in total. The maximum absolute atomic E-state index is 12.6. The van der Waals surface area contributed by atoms with Gasteiger partial charge in [-0.25, -0.2) is 0 Å². The van der Waals surface area contributed by atoms with Gasteiger partial charge in [0.1, 0.15) is 6.04 Å². The lowest BCUT2D eigenvalue weighted by molar-refractivity contribution is -0.384. The molecule has 0 spiro atoms. The number of hydrogen-bond acceptors (Lipinski definition) is 5. The minimum absolute atomic E-state index is 0.0225. The molecule has 1 unspecified atom stereocenters. The van der Waals surface area contributed by atoms with Crippen LogP contribution in [0.15, 0.2) is 18.2 Å². The number of hydrogen-bond donors (Lipinski definition) is 2.